The van der Waals surface area contributed by atoms with Gasteiger partial charge in [-0.25, -0.2) is 4.79 Å². The summed E-state index contributed by atoms with van der Waals surface area (Å²) >= 11 is -1.31. The molecule has 0 aliphatic carbocycles. The first-order chi connectivity index (χ1) is 6.59. The summed E-state index contributed by atoms with van der Waals surface area (Å²) in [5.74, 6) is -0.982. The Labute approximate surface area is 85.9 Å². The fraction of sp³-hybridized carbons (Fsp3) is 0.300. The van der Waals surface area contributed by atoms with Gasteiger partial charge in [0.05, 0.1) is 0 Å². The van der Waals surface area contributed by atoms with Gasteiger partial charge < -0.3 is 9.66 Å². The van der Waals surface area contributed by atoms with Crippen LogP contribution in [0.4, 0.5) is 0 Å². The monoisotopic (exact) mass is 212 g/mol. The Morgan fingerprint density at radius 2 is 2.14 bits per heavy atom. The Morgan fingerprint density at radius 3 is 2.71 bits per heavy atom. The summed E-state index contributed by atoms with van der Waals surface area (Å²) < 4.78 is 11.3. The van der Waals surface area contributed by atoms with Crippen molar-refractivity contribution in [3.05, 3.63) is 35.4 Å². The van der Waals surface area contributed by atoms with Gasteiger partial charge in [-0.3, -0.25) is 0 Å². The average molecular weight is 212 g/mol. The molecule has 0 saturated carbocycles. The van der Waals surface area contributed by atoms with Crippen molar-refractivity contribution in [3.8, 4) is 0 Å². The SMILES string of the molecule is Cc1ccccc1C[S+]([O-])CC(=O)O. The minimum absolute atomic E-state index is 0.283. The molecule has 0 heterocycles. The molecule has 0 saturated heterocycles. The van der Waals surface area contributed by atoms with Crippen LogP contribution in [0.2, 0.25) is 0 Å². The summed E-state index contributed by atoms with van der Waals surface area (Å²) in [4.78, 5) is 10.3. The molecule has 1 rings (SSSR count). The highest BCUT2D eigenvalue weighted by Crippen LogP contribution is 2.11. The van der Waals surface area contributed by atoms with Crippen molar-refractivity contribution in [1.29, 1.82) is 0 Å². The van der Waals surface area contributed by atoms with Gasteiger partial charge in [-0.15, -0.1) is 0 Å². The van der Waals surface area contributed by atoms with E-state index in [-0.39, 0.29) is 5.75 Å². The number of hydrogen-bond donors (Lipinski definition) is 1. The zero-order valence-corrected chi connectivity index (χ0v) is 8.71. The van der Waals surface area contributed by atoms with E-state index in [4.69, 9.17) is 5.11 Å². The standard InChI is InChI=1S/C10H12O3S/c1-8-4-2-3-5-9(8)6-14(13)7-10(11)12/h2-5H,6-7H2,1H3,(H,11,12). The largest absolute Gasteiger partial charge is 0.616 e. The number of carboxylic acids is 1. The molecule has 1 aromatic rings. The lowest BCUT2D eigenvalue weighted by Crippen LogP contribution is -2.17. The minimum Gasteiger partial charge on any atom is -0.616 e. The Hall–Kier alpha value is -1.00. The van der Waals surface area contributed by atoms with Crippen LogP contribution in [-0.4, -0.2) is 21.4 Å². The van der Waals surface area contributed by atoms with Gasteiger partial charge in [-0.1, -0.05) is 24.3 Å². The first-order valence-electron chi connectivity index (χ1n) is 4.21. The fourth-order valence-electron chi connectivity index (χ4n) is 1.13. The number of aliphatic carboxylic acids is 1. The lowest BCUT2D eigenvalue weighted by molar-refractivity contribution is -0.134. The van der Waals surface area contributed by atoms with Gasteiger partial charge in [-0.2, -0.15) is 0 Å². The zero-order chi connectivity index (χ0) is 10.6. The summed E-state index contributed by atoms with van der Waals surface area (Å²) in [6.07, 6.45) is 0. The molecule has 3 nitrogen and oxygen atoms in total. The zero-order valence-electron chi connectivity index (χ0n) is 7.90. The second-order valence-electron chi connectivity index (χ2n) is 3.05. The molecule has 76 valence electrons. The van der Waals surface area contributed by atoms with Crippen molar-refractivity contribution in [2.75, 3.05) is 5.75 Å². The Kier molecular flexibility index (Phi) is 3.98. The van der Waals surface area contributed by atoms with E-state index in [0.29, 0.717) is 5.75 Å². The Morgan fingerprint density at radius 1 is 1.50 bits per heavy atom. The van der Waals surface area contributed by atoms with E-state index < -0.39 is 17.1 Å². The van der Waals surface area contributed by atoms with E-state index in [2.05, 4.69) is 0 Å². The molecule has 0 fully saturated rings. The van der Waals surface area contributed by atoms with Crippen molar-refractivity contribution in [2.45, 2.75) is 12.7 Å². The van der Waals surface area contributed by atoms with Gasteiger partial charge in [0.1, 0.15) is 5.75 Å². The smallest absolute Gasteiger partial charge is 0.353 e. The maximum absolute atomic E-state index is 11.3. The van der Waals surface area contributed by atoms with Crippen LogP contribution in [0.1, 0.15) is 11.1 Å². The predicted molar refractivity (Wildman–Crippen MR) is 55.5 cm³/mol. The summed E-state index contributed by atoms with van der Waals surface area (Å²) in [5.41, 5.74) is 2.00. The van der Waals surface area contributed by atoms with Crippen molar-refractivity contribution in [3.63, 3.8) is 0 Å². The molecule has 0 bridgehead atoms. The van der Waals surface area contributed by atoms with E-state index in [0.717, 1.165) is 11.1 Å². The highest BCUT2D eigenvalue weighted by atomic mass is 32.2. The molecule has 1 N–H and O–H groups in total. The molecular formula is C10H12O3S. The third kappa shape index (κ3) is 3.40. The normalized spacial score (nSPS) is 12.4. The summed E-state index contributed by atoms with van der Waals surface area (Å²) in [7, 11) is 0. The topological polar surface area (TPSA) is 60.4 Å². The van der Waals surface area contributed by atoms with Crippen molar-refractivity contribution in [2.24, 2.45) is 0 Å². The number of hydrogen-bond acceptors (Lipinski definition) is 2. The third-order valence-corrected chi connectivity index (χ3v) is 3.06. The van der Waals surface area contributed by atoms with Crippen LogP contribution < -0.4 is 0 Å². The summed E-state index contributed by atoms with van der Waals surface area (Å²) in [6.45, 7) is 1.92. The van der Waals surface area contributed by atoms with Crippen molar-refractivity contribution in [1.82, 2.24) is 0 Å². The van der Waals surface area contributed by atoms with E-state index in [1.165, 1.54) is 0 Å². The molecule has 14 heavy (non-hydrogen) atoms. The van der Waals surface area contributed by atoms with Gasteiger partial charge in [0.15, 0.2) is 0 Å². The molecule has 0 spiro atoms. The third-order valence-electron chi connectivity index (χ3n) is 1.86. The van der Waals surface area contributed by atoms with Crippen LogP contribution in [0.15, 0.2) is 24.3 Å². The molecule has 0 aliphatic heterocycles. The molecule has 0 aliphatic rings. The fourth-order valence-corrected chi connectivity index (χ4v) is 2.18. The molecule has 0 aromatic heterocycles. The maximum atomic E-state index is 11.3. The van der Waals surface area contributed by atoms with Crippen LogP contribution in [0.5, 0.6) is 0 Å². The Balaban J connectivity index is 2.60. The van der Waals surface area contributed by atoms with Gasteiger partial charge in [0.2, 0.25) is 5.75 Å². The van der Waals surface area contributed by atoms with Crippen molar-refractivity contribution < 1.29 is 14.5 Å². The number of carboxylic acid groups (broad SMARTS) is 1. The van der Waals surface area contributed by atoms with Gasteiger partial charge >= 0.3 is 5.97 Å². The van der Waals surface area contributed by atoms with Crippen LogP contribution >= 0.6 is 0 Å². The molecule has 1 aromatic carbocycles. The van der Waals surface area contributed by atoms with E-state index in [1.54, 1.807) is 0 Å². The number of aryl methyl sites for hydroxylation is 1. The lowest BCUT2D eigenvalue weighted by atomic mass is 10.1. The lowest BCUT2D eigenvalue weighted by Gasteiger charge is -2.09. The van der Waals surface area contributed by atoms with Crippen LogP contribution in [0, 0.1) is 6.92 Å². The second kappa shape index (κ2) is 5.02. The molecule has 4 heteroatoms. The average Bonchev–Trinajstić information content (AvgIpc) is 2.07. The number of benzene rings is 1. The highest BCUT2D eigenvalue weighted by molar-refractivity contribution is 7.91. The molecule has 0 amide bonds. The quantitative estimate of drug-likeness (QED) is 0.766. The van der Waals surface area contributed by atoms with Crippen LogP contribution in [0.25, 0.3) is 0 Å². The highest BCUT2D eigenvalue weighted by Gasteiger charge is 2.13. The van der Waals surface area contributed by atoms with E-state index in [9.17, 15) is 9.35 Å². The second-order valence-corrected chi connectivity index (χ2v) is 4.51. The van der Waals surface area contributed by atoms with Gasteiger partial charge in [0.25, 0.3) is 0 Å². The molecular weight excluding hydrogens is 200 g/mol. The summed E-state index contributed by atoms with van der Waals surface area (Å²) in [6, 6.07) is 7.56. The van der Waals surface area contributed by atoms with E-state index >= 15 is 0 Å². The van der Waals surface area contributed by atoms with Gasteiger partial charge in [0, 0.05) is 5.56 Å². The minimum atomic E-state index is -1.31. The predicted octanol–water partition coefficient (Wildman–Crippen LogP) is 1.33. The number of rotatable bonds is 4. The Bertz CT molecular complexity index is 325. The van der Waals surface area contributed by atoms with Crippen LogP contribution in [-0.2, 0) is 21.7 Å². The molecule has 1 unspecified atom stereocenters. The van der Waals surface area contributed by atoms with E-state index in [1.807, 2.05) is 31.2 Å². The van der Waals surface area contributed by atoms with Crippen molar-refractivity contribution >= 4 is 17.1 Å². The van der Waals surface area contributed by atoms with Gasteiger partial charge in [-0.05, 0) is 23.7 Å². The summed E-state index contributed by atoms with van der Waals surface area (Å²) in [5, 5.41) is 8.44. The maximum Gasteiger partial charge on any atom is 0.353 e. The molecule has 0 radical (unpaired) electrons. The first kappa shape index (κ1) is 11.1. The molecule has 1 atom stereocenters. The van der Waals surface area contributed by atoms with Crippen LogP contribution in [0.3, 0.4) is 0 Å². The first-order valence-corrected chi connectivity index (χ1v) is 5.69. The number of carbonyl (C=O) groups is 1.